The van der Waals surface area contributed by atoms with Crippen LogP contribution in [-0.2, 0) is 9.47 Å². The summed E-state index contributed by atoms with van der Waals surface area (Å²) >= 11 is 4.07. The van der Waals surface area contributed by atoms with E-state index < -0.39 is 0 Å². The summed E-state index contributed by atoms with van der Waals surface area (Å²) in [5.74, 6) is 0.792. The van der Waals surface area contributed by atoms with E-state index >= 15 is 0 Å². The molecule has 0 spiro atoms. The molecular weight excluding hydrogens is 198 g/mol. The van der Waals surface area contributed by atoms with E-state index in [1.54, 1.807) is 0 Å². The number of nitrogens with zero attached hydrogens (tertiary/aromatic N) is 1. The van der Waals surface area contributed by atoms with E-state index in [1.807, 2.05) is 0 Å². The van der Waals surface area contributed by atoms with Crippen LogP contribution in [0, 0.1) is 0 Å². The van der Waals surface area contributed by atoms with Crippen molar-refractivity contribution >= 4 is 12.6 Å². The monoisotopic (exact) mass is 221 g/mol. The van der Waals surface area contributed by atoms with Crippen LogP contribution in [-0.4, -0.2) is 56.7 Å². The Bertz CT molecular complexity index is 123. The summed E-state index contributed by atoms with van der Waals surface area (Å²) in [5.41, 5.74) is 0. The quantitative estimate of drug-likeness (QED) is 0.468. The fourth-order valence-corrected chi connectivity index (χ4v) is 1.07. The Morgan fingerprint density at radius 3 is 2.36 bits per heavy atom. The molecule has 0 saturated heterocycles. The fraction of sp³-hybridized carbons (Fsp3) is 1.00. The lowest BCUT2D eigenvalue weighted by Gasteiger charge is -2.17. The first-order valence-corrected chi connectivity index (χ1v) is 5.78. The molecule has 0 radical (unpaired) electrons. The number of hydrogen-bond donors (Lipinski definition) is 1. The van der Waals surface area contributed by atoms with Crippen LogP contribution in [0.3, 0.4) is 0 Å². The molecular formula is C10H23NO2S. The third-order valence-corrected chi connectivity index (χ3v) is 1.96. The SMILES string of the molecule is CC(C)OCCN(C)CCOCCS. The molecule has 0 aromatic carbocycles. The molecule has 0 aromatic heterocycles. The minimum Gasteiger partial charge on any atom is -0.379 e. The van der Waals surface area contributed by atoms with E-state index in [0.29, 0.717) is 6.10 Å². The molecule has 0 amide bonds. The summed E-state index contributed by atoms with van der Waals surface area (Å²) in [5, 5.41) is 0. The average Bonchev–Trinajstić information content (AvgIpc) is 2.12. The van der Waals surface area contributed by atoms with E-state index in [0.717, 1.165) is 38.7 Å². The van der Waals surface area contributed by atoms with Gasteiger partial charge in [-0.2, -0.15) is 12.6 Å². The zero-order valence-electron chi connectivity index (χ0n) is 9.53. The Labute approximate surface area is 93.2 Å². The van der Waals surface area contributed by atoms with Crippen LogP contribution in [0.4, 0.5) is 0 Å². The molecule has 0 fully saturated rings. The van der Waals surface area contributed by atoms with Crippen molar-refractivity contribution in [3.8, 4) is 0 Å². The van der Waals surface area contributed by atoms with Gasteiger partial charge in [-0.1, -0.05) is 0 Å². The van der Waals surface area contributed by atoms with Crippen molar-refractivity contribution in [1.29, 1.82) is 0 Å². The highest BCUT2D eigenvalue weighted by atomic mass is 32.1. The number of rotatable bonds is 9. The van der Waals surface area contributed by atoms with Gasteiger partial charge in [0, 0.05) is 18.8 Å². The second-order valence-electron chi connectivity index (χ2n) is 3.56. The van der Waals surface area contributed by atoms with Crippen molar-refractivity contribution in [3.05, 3.63) is 0 Å². The van der Waals surface area contributed by atoms with Crippen molar-refractivity contribution in [2.75, 3.05) is 45.7 Å². The van der Waals surface area contributed by atoms with E-state index in [4.69, 9.17) is 9.47 Å². The molecule has 0 N–H and O–H groups in total. The third kappa shape index (κ3) is 10.3. The van der Waals surface area contributed by atoms with Crippen molar-refractivity contribution in [2.45, 2.75) is 20.0 Å². The van der Waals surface area contributed by atoms with Gasteiger partial charge in [-0.15, -0.1) is 0 Å². The van der Waals surface area contributed by atoms with Gasteiger partial charge in [0.05, 0.1) is 25.9 Å². The van der Waals surface area contributed by atoms with Crippen LogP contribution in [0.1, 0.15) is 13.8 Å². The Morgan fingerprint density at radius 1 is 1.14 bits per heavy atom. The van der Waals surface area contributed by atoms with Crippen molar-refractivity contribution in [1.82, 2.24) is 4.90 Å². The molecule has 0 unspecified atom stereocenters. The average molecular weight is 221 g/mol. The lowest BCUT2D eigenvalue weighted by Crippen LogP contribution is -2.28. The molecule has 4 heteroatoms. The Morgan fingerprint density at radius 2 is 1.79 bits per heavy atom. The zero-order chi connectivity index (χ0) is 10.8. The van der Waals surface area contributed by atoms with Crippen LogP contribution >= 0.6 is 12.6 Å². The standard InChI is InChI=1S/C10H23NO2S/c1-10(2)13-7-5-11(3)4-6-12-8-9-14/h10,14H,4-9H2,1-3H3. The van der Waals surface area contributed by atoms with Crippen LogP contribution in [0.25, 0.3) is 0 Å². The number of ether oxygens (including phenoxy) is 2. The lowest BCUT2D eigenvalue weighted by molar-refractivity contribution is 0.0557. The maximum atomic E-state index is 5.45. The summed E-state index contributed by atoms with van der Waals surface area (Å²) in [6.07, 6.45) is 0.323. The van der Waals surface area contributed by atoms with Crippen molar-refractivity contribution in [3.63, 3.8) is 0 Å². The van der Waals surface area contributed by atoms with Gasteiger partial charge in [-0.25, -0.2) is 0 Å². The molecule has 0 saturated carbocycles. The largest absolute Gasteiger partial charge is 0.379 e. The van der Waals surface area contributed by atoms with Crippen molar-refractivity contribution in [2.24, 2.45) is 0 Å². The molecule has 0 aliphatic carbocycles. The van der Waals surface area contributed by atoms with Gasteiger partial charge < -0.3 is 14.4 Å². The van der Waals surface area contributed by atoms with Crippen LogP contribution < -0.4 is 0 Å². The van der Waals surface area contributed by atoms with Gasteiger partial charge in [0.25, 0.3) is 0 Å². The summed E-state index contributed by atoms with van der Waals surface area (Å²) < 4.78 is 10.8. The molecule has 0 heterocycles. The molecule has 0 rings (SSSR count). The zero-order valence-corrected chi connectivity index (χ0v) is 10.4. The number of hydrogen-bond acceptors (Lipinski definition) is 4. The minimum atomic E-state index is 0.323. The van der Waals surface area contributed by atoms with Crippen molar-refractivity contribution < 1.29 is 9.47 Å². The first-order chi connectivity index (χ1) is 6.66. The smallest absolute Gasteiger partial charge is 0.0596 e. The molecule has 0 atom stereocenters. The topological polar surface area (TPSA) is 21.7 Å². The predicted molar refractivity (Wildman–Crippen MR) is 63.3 cm³/mol. The summed E-state index contributed by atoms with van der Waals surface area (Å²) in [6.45, 7) is 8.32. The lowest BCUT2D eigenvalue weighted by atomic mass is 10.5. The number of thiol groups is 1. The van der Waals surface area contributed by atoms with Gasteiger partial charge >= 0.3 is 0 Å². The highest BCUT2D eigenvalue weighted by Crippen LogP contribution is 1.89. The normalized spacial score (nSPS) is 11.6. The van der Waals surface area contributed by atoms with Crippen LogP contribution in [0.15, 0.2) is 0 Å². The molecule has 3 nitrogen and oxygen atoms in total. The summed E-state index contributed by atoms with van der Waals surface area (Å²) in [4.78, 5) is 2.21. The molecule has 0 aliphatic heterocycles. The summed E-state index contributed by atoms with van der Waals surface area (Å²) in [6, 6.07) is 0. The second kappa shape index (κ2) is 9.77. The van der Waals surface area contributed by atoms with Gasteiger partial charge in [0.2, 0.25) is 0 Å². The molecule has 86 valence electrons. The number of likely N-dealkylation sites (N-methyl/N-ethyl adjacent to an activating group) is 1. The predicted octanol–water partition coefficient (Wildman–Crippen LogP) is 1.29. The minimum absolute atomic E-state index is 0.323. The fourth-order valence-electron chi connectivity index (χ4n) is 0.943. The third-order valence-electron chi connectivity index (χ3n) is 1.78. The van der Waals surface area contributed by atoms with Gasteiger partial charge in [-0.05, 0) is 20.9 Å². The molecule has 0 aromatic rings. The van der Waals surface area contributed by atoms with E-state index in [9.17, 15) is 0 Å². The van der Waals surface area contributed by atoms with Gasteiger partial charge in [0.1, 0.15) is 0 Å². The van der Waals surface area contributed by atoms with Gasteiger partial charge in [-0.3, -0.25) is 0 Å². The maximum Gasteiger partial charge on any atom is 0.0596 e. The van der Waals surface area contributed by atoms with E-state index in [2.05, 4.69) is 38.4 Å². The second-order valence-corrected chi connectivity index (χ2v) is 4.01. The molecule has 14 heavy (non-hydrogen) atoms. The first-order valence-electron chi connectivity index (χ1n) is 5.15. The maximum absolute atomic E-state index is 5.45. The first kappa shape index (κ1) is 14.2. The molecule has 0 aliphatic rings. The molecule has 0 bridgehead atoms. The van der Waals surface area contributed by atoms with E-state index in [-0.39, 0.29) is 0 Å². The Balaban J connectivity index is 3.15. The highest BCUT2D eigenvalue weighted by molar-refractivity contribution is 7.80. The van der Waals surface area contributed by atoms with Gasteiger partial charge in [0.15, 0.2) is 0 Å². The Hall–Kier alpha value is 0.230. The Kier molecular flexibility index (Phi) is 9.93. The summed E-state index contributed by atoms with van der Waals surface area (Å²) in [7, 11) is 2.08. The van der Waals surface area contributed by atoms with E-state index in [1.165, 1.54) is 0 Å². The van der Waals surface area contributed by atoms with Crippen LogP contribution in [0.5, 0.6) is 0 Å². The van der Waals surface area contributed by atoms with Crippen LogP contribution in [0.2, 0.25) is 0 Å². The highest BCUT2D eigenvalue weighted by Gasteiger charge is 1.99.